The van der Waals surface area contributed by atoms with Gasteiger partial charge < -0.3 is 20.0 Å². The maximum Gasteiger partial charge on any atom is 0.219 e. The van der Waals surface area contributed by atoms with Crippen LogP contribution in [0.2, 0.25) is 0 Å². The Morgan fingerprint density at radius 1 is 1.38 bits per heavy atom. The fourth-order valence-corrected chi connectivity index (χ4v) is 1.83. The molecule has 0 atom stereocenters. The molecule has 0 spiro atoms. The number of Topliss-reactive ketones (excluding diaryl/α,β-unsaturated/α-hetero) is 1. The largest absolute Gasteiger partial charge is 0.435 e. The molecule has 2 rings (SSSR count). The van der Waals surface area contributed by atoms with E-state index < -0.39 is 0 Å². The molecule has 5 nitrogen and oxygen atoms in total. The first-order valence-corrected chi connectivity index (χ1v) is 5.41. The maximum absolute atomic E-state index is 11.2. The molecule has 0 aromatic carbocycles. The molecule has 1 fully saturated rings. The second-order valence-corrected chi connectivity index (χ2v) is 4.22. The van der Waals surface area contributed by atoms with Crippen LogP contribution in [-0.4, -0.2) is 43.9 Å². The van der Waals surface area contributed by atoms with Crippen LogP contribution >= 0.6 is 0 Å². The number of hydrogen-bond donors (Lipinski definition) is 1. The van der Waals surface area contributed by atoms with Crippen molar-refractivity contribution in [2.75, 3.05) is 43.9 Å². The van der Waals surface area contributed by atoms with Crippen LogP contribution in [0.25, 0.3) is 0 Å². The van der Waals surface area contributed by atoms with Gasteiger partial charge in [-0.05, 0) is 7.05 Å². The fraction of sp³-hybridized carbons (Fsp3) is 0.545. The van der Waals surface area contributed by atoms with Crippen LogP contribution in [0.3, 0.4) is 0 Å². The average molecular weight is 223 g/mol. The van der Waals surface area contributed by atoms with E-state index in [-0.39, 0.29) is 5.78 Å². The van der Waals surface area contributed by atoms with Gasteiger partial charge in [0, 0.05) is 39.2 Å². The van der Waals surface area contributed by atoms with Gasteiger partial charge in [-0.25, -0.2) is 0 Å². The van der Waals surface area contributed by atoms with E-state index in [9.17, 15) is 4.79 Å². The summed E-state index contributed by atoms with van der Waals surface area (Å²) in [5, 5.41) is 0. The summed E-state index contributed by atoms with van der Waals surface area (Å²) in [5.41, 5.74) is 6.39. The zero-order valence-corrected chi connectivity index (χ0v) is 9.69. The molecule has 2 heterocycles. The number of nitrogens with two attached hydrogens (primary N) is 1. The molecule has 2 N–H and O–H groups in total. The minimum atomic E-state index is -0.0907. The smallest absolute Gasteiger partial charge is 0.219 e. The third kappa shape index (κ3) is 2.04. The molecule has 1 aromatic rings. The van der Waals surface area contributed by atoms with Gasteiger partial charge in [0.1, 0.15) is 0 Å². The van der Waals surface area contributed by atoms with Gasteiger partial charge in [-0.15, -0.1) is 0 Å². The highest BCUT2D eigenvalue weighted by Crippen LogP contribution is 2.28. The molecule has 0 unspecified atom stereocenters. The molecule has 1 saturated heterocycles. The van der Waals surface area contributed by atoms with Crippen LogP contribution in [-0.2, 0) is 0 Å². The molecule has 0 amide bonds. The molecule has 16 heavy (non-hydrogen) atoms. The minimum Gasteiger partial charge on any atom is -0.435 e. The summed E-state index contributed by atoms with van der Waals surface area (Å²) in [4.78, 5) is 15.5. The van der Waals surface area contributed by atoms with Gasteiger partial charge in [-0.3, -0.25) is 4.79 Å². The molecule has 5 heteroatoms. The Morgan fingerprint density at radius 2 is 2.00 bits per heavy atom. The van der Waals surface area contributed by atoms with Crippen LogP contribution < -0.4 is 10.6 Å². The van der Waals surface area contributed by atoms with Gasteiger partial charge in [0.2, 0.25) is 5.88 Å². The lowest BCUT2D eigenvalue weighted by Gasteiger charge is -2.32. The molecule has 1 aliphatic heterocycles. The summed E-state index contributed by atoms with van der Waals surface area (Å²) >= 11 is 0. The lowest BCUT2D eigenvalue weighted by atomic mass is 10.3. The van der Waals surface area contributed by atoms with E-state index in [0.717, 1.165) is 26.2 Å². The highest BCUT2D eigenvalue weighted by Gasteiger charge is 2.21. The summed E-state index contributed by atoms with van der Waals surface area (Å²) in [7, 11) is 2.09. The number of nitrogen functional groups attached to an aromatic ring is 1. The number of furan rings is 1. The number of rotatable bonds is 2. The fourth-order valence-electron chi connectivity index (χ4n) is 1.83. The van der Waals surface area contributed by atoms with E-state index >= 15 is 0 Å². The maximum atomic E-state index is 11.2. The second kappa shape index (κ2) is 4.17. The van der Waals surface area contributed by atoms with Gasteiger partial charge in [-0.1, -0.05) is 0 Å². The van der Waals surface area contributed by atoms with Crippen LogP contribution in [0.1, 0.15) is 17.5 Å². The Hall–Kier alpha value is -1.49. The van der Waals surface area contributed by atoms with Gasteiger partial charge in [-0.2, -0.15) is 0 Å². The normalized spacial score (nSPS) is 17.8. The first-order valence-electron chi connectivity index (χ1n) is 5.41. The first kappa shape index (κ1) is 11.0. The molecule has 0 aliphatic carbocycles. The van der Waals surface area contributed by atoms with Crippen molar-refractivity contribution in [3.8, 4) is 0 Å². The van der Waals surface area contributed by atoms with Crippen LogP contribution in [0.4, 0.5) is 11.6 Å². The minimum absolute atomic E-state index is 0.0907. The monoisotopic (exact) mass is 223 g/mol. The van der Waals surface area contributed by atoms with Gasteiger partial charge in [0.15, 0.2) is 11.5 Å². The number of ketones is 1. The quantitative estimate of drug-likeness (QED) is 0.752. The summed E-state index contributed by atoms with van der Waals surface area (Å²) < 4.78 is 5.48. The molecule has 88 valence electrons. The third-order valence-corrected chi connectivity index (χ3v) is 2.88. The summed E-state index contributed by atoms with van der Waals surface area (Å²) in [5.74, 6) is 0.886. The number of hydrogen-bond acceptors (Lipinski definition) is 5. The zero-order chi connectivity index (χ0) is 11.7. The van der Waals surface area contributed by atoms with Crippen molar-refractivity contribution >= 4 is 17.4 Å². The van der Waals surface area contributed by atoms with Crippen molar-refractivity contribution in [1.29, 1.82) is 0 Å². The third-order valence-electron chi connectivity index (χ3n) is 2.88. The van der Waals surface area contributed by atoms with E-state index in [2.05, 4.69) is 16.8 Å². The first-order chi connectivity index (χ1) is 7.58. The van der Waals surface area contributed by atoms with Crippen molar-refractivity contribution in [2.24, 2.45) is 0 Å². The number of piperazine rings is 1. The average Bonchev–Trinajstić information content (AvgIpc) is 2.62. The van der Waals surface area contributed by atoms with Crippen molar-refractivity contribution in [3.05, 3.63) is 11.8 Å². The van der Waals surface area contributed by atoms with Gasteiger partial charge in [0.05, 0.1) is 5.69 Å². The predicted molar refractivity (Wildman–Crippen MR) is 62.8 cm³/mol. The van der Waals surface area contributed by atoms with Gasteiger partial charge >= 0.3 is 0 Å². The highest BCUT2D eigenvalue weighted by molar-refractivity contribution is 5.93. The van der Waals surface area contributed by atoms with Crippen molar-refractivity contribution in [3.63, 3.8) is 0 Å². The van der Waals surface area contributed by atoms with E-state index in [4.69, 9.17) is 10.2 Å². The summed E-state index contributed by atoms with van der Waals surface area (Å²) in [6, 6.07) is 1.61. The van der Waals surface area contributed by atoms with Crippen molar-refractivity contribution < 1.29 is 9.21 Å². The standard InChI is InChI=1S/C11H17N3O2/c1-8(15)10-7-9(12)11(16-10)14-5-3-13(2)4-6-14/h7H,3-6,12H2,1-2H3. The molecular weight excluding hydrogens is 206 g/mol. The Kier molecular flexibility index (Phi) is 2.87. The summed E-state index contributed by atoms with van der Waals surface area (Å²) in [6.45, 7) is 5.20. The molecule has 1 aliphatic rings. The Balaban J connectivity index is 2.17. The predicted octanol–water partition coefficient (Wildman–Crippen LogP) is 0.816. The molecule has 0 saturated carbocycles. The number of carbonyl (C=O) groups is 1. The summed E-state index contributed by atoms with van der Waals surface area (Å²) in [6.07, 6.45) is 0. The number of nitrogens with zero attached hydrogens (tertiary/aromatic N) is 2. The van der Waals surface area contributed by atoms with Crippen molar-refractivity contribution in [1.82, 2.24) is 4.90 Å². The van der Waals surface area contributed by atoms with Crippen LogP contribution in [0.15, 0.2) is 10.5 Å². The van der Waals surface area contributed by atoms with E-state index in [1.54, 1.807) is 6.07 Å². The molecule has 0 radical (unpaired) electrons. The van der Waals surface area contributed by atoms with E-state index in [1.165, 1.54) is 6.92 Å². The van der Waals surface area contributed by atoms with Crippen LogP contribution in [0.5, 0.6) is 0 Å². The second-order valence-electron chi connectivity index (χ2n) is 4.22. The number of anilines is 2. The van der Waals surface area contributed by atoms with E-state index in [1.807, 2.05) is 0 Å². The topological polar surface area (TPSA) is 62.7 Å². The Bertz CT molecular complexity index is 392. The lowest BCUT2D eigenvalue weighted by molar-refractivity contribution is 0.0987. The highest BCUT2D eigenvalue weighted by atomic mass is 16.4. The lowest BCUT2D eigenvalue weighted by Crippen LogP contribution is -2.44. The van der Waals surface area contributed by atoms with E-state index in [0.29, 0.717) is 17.3 Å². The Morgan fingerprint density at radius 3 is 2.50 bits per heavy atom. The van der Waals surface area contributed by atoms with Crippen LogP contribution in [0, 0.1) is 0 Å². The molecular formula is C11H17N3O2. The molecule has 0 bridgehead atoms. The number of likely N-dealkylation sites (N-methyl/N-ethyl adjacent to an activating group) is 1. The number of carbonyl (C=O) groups excluding carboxylic acids is 1. The van der Waals surface area contributed by atoms with Gasteiger partial charge in [0.25, 0.3) is 0 Å². The van der Waals surface area contributed by atoms with Crippen molar-refractivity contribution in [2.45, 2.75) is 6.92 Å². The Labute approximate surface area is 94.8 Å². The SMILES string of the molecule is CC(=O)c1cc(N)c(N2CCN(C)CC2)o1. The zero-order valence-electron chi connectivity index (χ0n) is 9.69. The molecule has 1 aromatic heterocycles.